The minimum absolute atomic E-state index is 0.0664. The number of hydrogen-bond acceptors (Lipinski definition) is 1. The zero-order chi connectivity index (χ0) is 13.1. The maximum Gasteiger partial charge on any atom is 0.387 e. The van der Waals surface area contributed by atoms with Gasteiger partial charge in [0, 0.05) is 21.2 Å². The molecule has 2 aromatic carbocycles. The molecule has 94 valence electrons. The van der Waals surface area contributed by atoms with Gasteiger partial charge in [-0.1, -0.05) is 41.4 Å². The van der Waals surface area contributed by atoms with Gasteiger partial charge < -0.3 is 4.74 Å². The molecule has 2 rings (SSSR count). The van der Waals surface area contributed by atoms with E-state index in [2.05, 4.69) is 4.74 Å². The van der Waals surface area contributed by atoms with Crippen molar-refractivity contribution in [3.05, 3.63) is 52.5 Å². The van der Waals surface area contributed by atoms with Crippen LogP contribution < -0.4 is 4.74 Å². The average molecular weight is 289 g/mol. The zero-order valence-corrected chi connectivity index (χ0v) is 10.6. The molecule has 0 spiro atoms. The van der Waals surface area contributed by atoms with Crippen LogP contribution in [0.15, 0.2) is 42.5 Å². The molecule has 18 heavy (non-hydrogen) atoms. The van der Waals surface area contributed by atoms with E-state index in [1.54, 1.807) is 36.4 Å². The highest BCUT2D eigenvalue weighted by Gasteiger charge is 2.13. The molecule has 0 aromatic heterocycles. The van der Waals surface area contributed by atoms with E-state index in [4.69, 9.17) is 23.2 Å². The lowest BCUT2D eigenvalue weighted by Gasteiger charge is -2.12. The SMILES string of the molecule is FC(F)Oc1ccccc1-c1cc(Cl)ccc1Cl. The van der Waals surface area contributed by atoms with Gasteiger partial charge in [0.2, 0.25) is 0 Å². The van der Waals surface area contributed by atoms with Crippen LogP contribution in [0.4, 0.5) is 8.78 Å². The molecule has 2 aromatic rings. The van der Waals surface area contributed by atoms with E-state index >= 15 is 0 Å². The van der Waals surface area contributed by atoms with Crippen molar-refractivity contribution in [2.45, 2.75) is 6.61 Å². The van der Waals surface area contributed by atoms with Crippen molar-refractivity contribution in [3.8, 4) is 16.9 Å². The lowest BCUT2D eigenvalue weighted by Crippen LogP contribution is -2.03. The van der Waals surface area contributed by atoms with Gasteiger partial charge in [-0.2, -0.15) is 8.78 Å². The predicted octanol–water partition coefficient (Wildman–Crippen LogP) is 5.26. The summed E-state index contributed by atoms with van der Waals surface area (Å²) < 4.78 is 29.1. The minimum Gasteiger partial charge on any atom is -0.434 e. The second-order valence-electron chi connectivity index (χ2n) is 3.50. The van der Waals surface area contributed by atoms with Crippen molar-refractivity contribution in [1.29, 1.82) is 0 Å². The summed E-state index contributed by atoms with van der Waals surface area (Å²) >= 11 is 11.9. The van der Waals surface area contributed by atoms with Crippen molar-refractivity contribution in [2.24, 2.45) is 0 Å². The van der Waals surface area contributed by atoms with Crippen LogP contribution in [-0.2, 0) is 0 Å². The van der Waals surface area contributed by atoms with E-state index in [0.29, 0.717) is 21.2 Å². The third-order valence-electron chi connectivity index (χ3n) is 2.32. The lowest BCUT2D eigenvalue weighted by molar-refractivity contribution is -0.0494. The molecule has 0 amide bonds. The number of hydrogen-bond donors (Lipinski definition) is 0. The number of benzene rings is 2. The summed E-state index contributed by atoms with van der Waals surface area (Å²) in [6, 6.07) is 11.3. The van der Waals surface area contributed by atoms with E-state index in [9.17, 15) is 8.78 Å². The molecular formula is C13H8Cl2F2O. The predicted molar refractivity (Wildman–Crippen MR) is 68.5 cm³/mol. The first-order valence-electron chi connectivity index (χ1n) is 5.07. The van der Waals surface area contributed by atoms with Crippen molar-refractivity contribution in [2.75, 3.05) is 0 Å². The van der Waals surface area contributed by atoms with E-state index < -0.39 is 6.61 Å². The first-order chi connectivity index (χ1) is 8.58. The highest BCUT2D eigenvalue weighted by Crippen LogP contribution is 2.36. The van der Waals surface area contributed by atoms with Crippen LogP contribution in [0.5, 0.6) is 5.75 Å². The quantitative estimate of drug-likeness (QED) is 0.748. The molecule has 0 unspecified atom stereocenters. The number of para-hydroxylation sites is 1. The van der Waals surface area contributed by atoms with Gasteiger partial charge in [0.25, 0.3) is 0 Å². The Labute approximate surface area is 113 Å². The third kappa shape index (κ3) is 2.92. The summed E-state index contributed by atoms with van der Waals surface area (Å²) in [7, 11) is 0. The van der Waals surface area contributed by atoms with Gasteiger partial charge >= 0.3 is 6.61 Å². The standard InChI is InChI=1S/C13H8Cl2F2O/c14-8-5-6-11(15)10(7-8)9-3-1-2-4-12(9)18-13(16)17/h1-7,13H. The van der Waals surface area contributed by atoms with Crippen LogP contribution in [0.25, 0.3) is 11.1 Å². The van der Waals surface area contributed by atoms with Crippen molar-refractivity contribution in [1.82, 2.24) is 0 Å². The summed E-state index contributed by atoms with van der Waals surface area (Å²) in [4.78, 5) is 0. The van der Waals surface area contributed by atoms with Crippen LogP contribution >= 0.6 is 23.2 Å². The van der Waals surface area contributed by atoms with Crippen LogP contribution in [0.3, 0.4) is 0 Å². The molecule has 0 radical (unpaired) electrons. The van der Waals surface area contributed by atoms with Crippen LogP contribution in [0.2, 0.25) is 10.0 Å². The number of alkyl halides is 2. The van der Waals surface area contributed by atoms with Crippen LogP contribution in [0.1, 0.15) is 0 Å². The summed E-state index contributed by atoms with van der Waals surface area (Å²) in [5, 5.41) is 0.894. The fraction of sp³-hybridized carbons (Fsp3) is 0.0769. The molecule has 0 heterocycles. The Morgan fingerprint density at radius 2 is 1.67 bits per heavy atom. The Balaban J connectivity index is 2.53. The molecular weight excluding hydrogens is 281 g/mol. The zero-order valence-electron chi connectivity index (χ0n) is 9.04. The number of ether oxygens (including phenoxy) is 1. The second-order valence-corrected chi connectivity index (χ2v) is 4.34. The normalized spacial score (nSPS) is 10.7. The van der Waals surface area contributed by atoms with E-state index in [1.807, 2.05) is 0 Å². The molecule has 0 bridgehead atoms. The largest absolute Gasteiger partial charge is 0.434 e. The van der Waals surface area contributed by atoms with Crippen molar-refractivity contribution >= 4 is 23.2 Å². The minimum atomic E-state index is -2.89. The van der Waals surface area contributed by atoms with Gasteiger partial charge in [-0.25, -0.2) is 0 Å². The van der Waals surface area contributed by atoms with Crippen LogP contribution in [0, 0.1) is 0 Å². The molecule has 1 nitrogen and oxygen atoms in total. The highest BCUT2D eigenvalue weighted by atomic mass is 35.5. The summed E-state index contributed by atoms with van der Waals surface area (Å²) in [5.74, 6) is 0.0664. The lowest BCUT2D eigenvalue weighted by atomic mass is 10.0. The first kappa shape index (κ1) is 13.1. The molecule has 0 aliphatic rings. The summed E-state index contributed by atoms with van der Waals surface area (Å²) in [5.41, 5.74) is 1.03. The van der Waals surface area contributed by atoms with Crippen molar-refractivity contribution in [3.63, 3.8) is 0 Å². The number of rotatable bonds is 3. The van der Waals surface area contributed by atoms with Gasteiger partial charge in [-0.05, 0) is 24.3 Å². The maximum atomic E-state index is 12.3. The Bertz CT molecular complexity index is 558. The van der Waals surface area contributed by atoms with Gasteiger partial charge in [-0.3, -0.25) is 0 Å². The fourth-order valence-electron chi connectivity index (χ4n) is 1.59. The molecule has 0 aliphatic heterocycles. The molecule has 0 aliphatic carbocycles. The fourth-order valence-corrected chi connectivity index (χ4v) is 1.98. The van der Waals surface area contributed by atoms with Gasteiger partial charge in [0.05, 0.1) is 0 Å². The van der Waals surface area contributed by atoms with Crippen molar-refractivity contribution < 1.29 is 13.5 Å². The Morgan fingerprint density at radius 3 is 2.39 bits per heavy atom. The average Bonchev–Trinajstić information content (AvgIpc) is 2.32. The smallest absolute Gasteiger partial charge is 0.387 e. The highest BCUT2D eigenvalue weighted by molar-refractivity contribution is 6.35. The second kappa shape index (κ2) is 5.55. The molecule has 0 N–H and O–H groups in total. The van der Waals surface area contributed by atoms with Gasteiger partial charge in [0.1, 0.15) is 5.75 Å². The molecule has 0 saturated heterocycles. The summed E-state index contributed by atoms with van der Waals surface area (Å²) in [6.45, 7) is -2.89. The Morgan fingerprint density at radius 1 is 0.944 bits per heavy atom. The Kier molecular flexibility index (Phi) is 4.04. The Hall–Kier alpha value is -1.32. The van der Waals surface area contributed by atoms with E-state index in [1.165, 1.54) is 6.07 Å². The molecule has 0 fully saturated rings. The molecule has 0 saturated carbocycles. The van der Waals surface area contributed by atoms with E-state index in [-0.39, 0.29) is 5.75 Å². The third-order valence-corrected chi connectivity index (χ3v) is 2.89. The molecule has 5 heteroatoms. The van der Waals surface area contributed by atoms with E-state index in [0.717, 1.165) is 0 Å². The van der Waals surface area contributed by atoms with Gasteiger partial charge in [-0.15, -0.1) is 0 Å². The summed E-state index contributed by atoms with van der Waals surface area (Å²) in [6.07, 6.45) is 0. The van der Waals surface area contributed by atoms with Gasteiger partial charge in [0.15, 0.2) is 0 Å². The maximum absolute atomic E-state index is 12.3. The molecule has 0 atom stereocenters. The number of halogens is 4. The monoisotopic (exact) mass is 288 g/mol. The first-order valence-corrected chi connectivity index (χ1v) is 5.83. The topological polar surface area (TPSA) is 9.23 Å². The van der Waals surface area contributed by atoms with Crippen LogP contribution in [-0.4, -0.2) is 6.61 Å².